The number of carbonyl (C=O) groups is 2. The molecule has 1 heterocycles. The minimum atomic E-state index is -1.00. The second-order valence-corrected chi connectivity index (χ2v) is 10.6. The van der Waals surface area contributed by atoms with E-state index >= 15 is 0 Å². The third kappa shape index (κ3) is 6.91. The number of hydrogen-bond acceptors (Lipinski definition) is 7. The van der Waals surface area contributed by atoms with Gasteiger partial charge in [0.2, 0.25) is 0 Å². The maximum absolute atomic E-state index is 12.5. The molecule has 10 heteroatoms. The predicted octanol–water partition coefficient (Wildman–Crippen LogP) is 5.18. The quantitative estimate of drug-likeness (QED) is 0.170. The van der Waals surface area contributed by atoms with Gasteiger partial charge in [-0.05, 0) is 52.9 Å². The lowest BCUT2D eigenvalue weighted by Gasteiger charge is -2.19. The molecule has 3 aromatic carbocycles. The largest absolute Gasteiger partial charge is 0.497 e. The summed E-state index contributed by atoms with van der Waals surface area (Å²) in [5, 5.41) is 22.3. The third-order valence-electron chi connectivity index (χ3n) is 5.87. The normalized spacial score (nSPS) is 11.5. The number of carbonyl (C=O) groups excluding carboxylic acids is 1. The fourth-order valence-electron chi connectivity index (χ4n) is 3.69. The Kier molecular flexibility index (Phi) is 8.46. The molecule has 0 fully saturated rings. The molecule has 4 rings (SSSR count). The lowest BCUT2D eigenvalue weighted by atomic mass is 9.87. The summed E-state index contributed by atoms with van der Waals surface area (Å²) < 4.78 is 7.22. The number of aromatic carboxylic acids is 1. The van der Waals surface area contributed by atoms with Crippen molar-refractivity contribution in [2.45, 2.75) is 31.3 Å². The zero-order chi connectivity index (χ0) is 28.0. The zero-order valence-electron chi connectivity index (χ0n) is 22.1. The summed E-state index contributed by atoms with van der Waals surface area (Å²) in [6.07, 6.45) is 1.45. The number of nitrogens with zero attached hydrogens (tertiary/aromatic N) is 4. The van der Waals surface area contributed by atoms with Crippen LogP contribution in [0.5, 0.6) is 5.75 Å². The topological polar surface area (TPSA) is 119 Å². The average molecular weight is 544 g/mol. The van der Waals surface area contributed by atoms with E-state index in [0.717, 1.165) is 17.0 Å². The van der Waals surface area contributed by atoms with Gasteiger partial charge < -0.3 is 9.84 Å². The Morgan fingerprint density at radius 2 is 1.67 bits per heavy atom. The van der Waals surface area contributed by atoms with Crippen molar-refractivity contribution in [3.8, 4) is 22.8 Å². The van der Waals surface area contributed by atoms with Gasteiger partial charge in [0.05, 0.1) is 24.6 Å². The molecule has 0 radical (unpaired) electrons. The molecule has 9 nitrogen and oxygen atoms in total. The van der Waals surface area contributed by atoms with E-state index in [-0.39, 0.29) is 22.6 Å². The fourth-order valence-corrected chi connectivity index (χ4v) is 4.43. The van der Waals surface area contributed by atoms with Gasteiger partial charge in [0, 0.05) is 11.3 Å². The number of benzene rings is 3. The first kappa shape index (κ1) is 27.6. The highest BCUT2D eigenvalue weighted by molar-refractivity contribution is 7.99. The minimum Gasteiger partial charge on any atom is -0.497 e. The maximum atomic E-state index is 12.5. The second kappa shape index (κ2) is 12.0. The number of carboxylic acid groups (broad SMARTS) is 1. The standard InChI is InChI=1S/C29H29N5O4S/c1-29(2,3)22-11-9-20(10-12-22)26-32-33-28(34(26)23-13-15-24(38-4)16-14-23)39-18-25(35)31-30-17-19-5-7-21(8-6-19)27(36)37/h5-17H,18H2,1-4H3,(H,31,35)(H,36,37)/b30-17-. The summed E-state index contributed by atoms with van der Waals surface area (Å²) in [5.74, 6) is 0.125. The van der Waals surface area contributed by atoms with Gasteiger partial charge >= 0.3 is 5.97 Å². The number of hydrazone groups is 1. The summed E-state index contributed by atoms with van der Waals surface area (Å²) >= 11 is 1.24. The van der Waals surface area contributed by atoms with Crippen LogP contribution in [-0.4, -0.2) is 50.8 Å². The smallest absolute Gasteiger partial charge is 0.335 e. The van der Waals surface area contributed by atoms with Crippen LogP contribution >= 0.6 is 11.8 Å². The lowest BCUT2D eigenvalue weighted by Crippen LogP contribution is -2.20. The summed E-state index contributed by atoms with van der Waals surface area (Å²) in [6.45, 7) is 6.50. The van der Waals surface area contributed by atoms with Crippen LogP contribution in [0.4, 0.5) is 0 Å². The van der Waals surface area contributed by atoms with Crippen molar-refractivity contribution >= 4 is 29.9 Å². The Bertz CT molecular complexity index is 1470. The van der Waals surface area contributed by atoms with E-state index in [1.165, 1.54) is 35.7 Å². The molecule has 0 unspecified atom stereocenters. The van der Waals surface area contributed by atoms with Gasteiger partial charge in [-0.25, -0.2) is 10.2 Å². The van der Waals surface area contributed by atoms with Crippen LogP contribution in [0, 0.1) is 0 Å². The van der Waals surface area contributed by atoms with Crippen molar-refractivity contribution in [2.75, 3.05) is 12.9 Å². The highest BCUT2D eigenvalue weighted by atomic mass is 32.2. The Morgan fingerprint density at radius 1 is 1.00 bits per heavy atom. The molecular formula is C29H29N5O4S. The van der Waals surface area contributed by atoms with E-state index in [4.69, 9.17) is 9.84 Å². The predicted molar refractivity (Wildman–Crippen MR) is 152 cm³/mol. The highest BCUT2D eigenvalue weighted by Crippen LogP contribution is 2.30. The Hall–Kier alpha value is -4.44. The number of hydrogen-bond donors (Lipinski definition) is 2. The van der Waals surface area contributed by atoms with Crippen LogP contribution in [0.15, 0.2) is 83.1 Å². The Morgan fingerprint density at radius 3 is 2.26 bits per heavy atom. The van der Waals surface area contributed by atoms with E-state index < -0.39 is 5.97 Å². The molecule has 200 valence electrons. The first-order chi connectivity index (χ1) is 18.7. The molecule has 0 saturated carbocycles. The van der Waals surface area contributed by atoms with Gasteiger partial charge in [-0.15, -0.1) is 10.2 Å². The summed E-state index contributed by atoms with van der Waals surface area (Å²) in [6, 6.07) is 22.0. The van der Waals surface area contributed by atoms with Crippen LogP contribution in [0.2, 0.25) is 0 Å². The lowest BCUT2D eigenvalue weighted by molar-refractivity contribution is -0.118. The number of thioether (sulfide) groups is 1. The van der Waals surface area contributed by atoms with E-state index in [9.17, 15) is 9.59 Å². The fraction of sp³-hybridized carbons (Fsp3) is 0.207. The maximum Gasteiger partial charge on any atom is 0.335 e. The molecule has 0 aliphatic carbocycles. The number of carboxylic acids is 1. The summed E-state index contributed by atoms with van der Waals surface area (Å²) in [4.78, 5) is 23.5. The van der Waals surface area contributed by atoms with Gasteiger partial charge in [0.15, 0.2) is 11.0 Å². The van der Waals surface area contributed by atoms with Crippen molar-refractivity contribution < 1.29 is 19.4 Å². The van der Waals surface area contributed by atoms with Crippen molar-refractivity contribution in [1.82, 2.24) is 20.2 Å². The van der Waals surface area contributed by atoms with Gasteiger partial charge in [0.1, 0.15) is 5.75 Å². The highest BCUT2D eigenvalue weighted by Gasteiger charge is 2.19. The van der Waals surface area contributed by atoms with Crippen molar-refractivity contribution in [3.63, 3.8) is 0 Å². The molecule has 1 aromatic heterocycles. The molecule has 39 heavy (non-hydrogen) atoms. The minimum absolute atomic E-state index is 0.0287. The van der Waals surface area contributed by atoms with Crippen molar-refractivity contribution in [2.24, 2.45) is 5.10 Å². The first-order valence-electron chi connectivity index (χ1n) is 12.1. The third-order valence-corrected chi connectivity index (χ3v) is 6.79. The summed E-state index contributed by atoms with van der Waals surface area (Å²) in [5.41, 5.74) is 6.31. The summed E-state index contributed by atoms with van der Waals surface area (Å²) in [7, 11) is 1.61. The van der Waals surface area contributed by atoms with Crippen LogP contribution in [-0.2, 0) is 10.2 Å². The second-order valence-electron chi connectivity index (χ2n) is 9.68. The van der Waals surface area contributed by atoms with Gasteiger partial charge in [-0.3, -0.25) is 9.36 Å². The van der Waals surface area contributed by atoms with E-state index in [2.05, 4.69) is 53.6 Å². The monoisotopic (exact) mass is 543 g/mol. The van der Waals surface area contributed by atoms with Crippen LogP contribution in [0.3, 0.4) is 0 Å². The molecule has 0 saturated heterocycles. The number of nitrogens with one attached hydrogen (secondary N) is 1. The molecule has 4 aromatic rings. The molecule has 2 N–H and O–H groups in total. The number of aromatic nitrogens is 3. The Balaban J connectivity index is 1.51. The molecule has 1 amide bonds. The molecule has 0 aliphatic rings. The van der Waals surface area contributed by atoms with E-state index in [1.807, 2.05) is 41.0 Å². The average Bonchev–Trinajstić information content (AvgIpc) is 3.36. The number of methoxy groups -OCH3 is 1. The molecule has 0 aliphatic heterocycles. The zero-order valence-corrected chi connectivity index (χ0v) is 22.9. The molecule has 0 atom stereocenters. The van der Waals surface area contributed by atoms with Crippen LogP contribution < -0.4 is 10.2 Å². The van der Waals surface area contributed by atoms with Crippen molar-refractivity contribution in [1.29, 1.82) is 0 Å². The number of amides is 1. The SMILES string of the molecule is COc1ccc(-n2c(SCC(=O)N/N=C\c3ccc(C(=O)O)cc3)nnc2-c2ccc(C(C)(C)C)cc2)cc1. The van der Waals surface area contributed by atoms with Gasteiger partial charge in [0.25, 0.3) is 5.91 Å². The van der Waals surface area contributed by atoms with E-state index in [1.54, 1.807) is 19.2 Å². The molecular weight excluding hydrogens is 514 g/mol. The Labute approximate surface area is 230 Å². The van der Waals surface area contributed by atoms with Crippen molar-refractivity contribution in [3.05, 3.63) is 89.5 Å². The van der Waals surface area contributed by atoms with Gasteiger partial charge in [-0.1, -0.05) is 68.9 Å². The number of ether oxygens (including phenoxy) is 1. The first-order valence-corrected chi connectivity index (χ1v) is 13.1. The molecule has 0 bridgehead atoms. The van der Waals surface area contributed by atoms with Crippen LogP contribution in [0.1, 0.15) is 42.3 Å². The number of rotatable bonds is 9. The van der Waals surface area contributed by atoms with Gasteiger partial charge in [-0.2, -0.15) is 5.10 Å². The van der Waals surface area contributed by atoms with E-state index in [0.29, 0.717) is 16.5 Å². The van der Waals surface area contributed by atoms with Crippen LogP contribution in [0.25, 0.3) is 17.1 Å². The molecule has 0 spiro atoms.